The normalized spacial score (nSPS) is 30.2. The van der Waals surface area contributed by atoms with Gasteiger partial charge in [-0.25, -0.2) is 0 Å². The molecule has 1 aliphatic carbocycles. The molecule has 1 N–H and O–H groups in total. The van der Waals surface area contributed by atoms with Gasteiger partial charge < -0.3 is 5.41 Å². The number of hydrogen-bond acceptors (Lipinski definition) is 1. The molecular formula is C7H13N. The molecule has 0 bridgehead atoms. The molecule has 8 heavy (non-hydrogen) atoms. The molecule has 0 heterocycles. The third-order valence-electron chi connectivity index (χ3n) is 2.06. The highest BCUT2D eigenvalue weighted by Gasteiger charge is 2.33. The quantitative estimate of drug-likeness (QED) is 0.564. The predicted octanol–water partition coefficient (Wildman–Crippen LogP) is 2.07. The number of nitrogens with one attached hydrogen (secondary N) is 1. The molecule has 0 aromatic rings. The van der Waals surface area contributed by atoms with Crippen LogP contribution in [-0.4, -0.2) is 5.71 Å². The molecule has 2 atom stereocenters. The largest absolute Gasteiger partial charge is 0.309 e. The second-order valence-electron chi connectivity index (χ2n) is 2.72. The summed E-state index contributed by atoms with van der Waals surface area (Å²) in [5.74, 6) is 1.43. The molecule has 1 nitrogen and oxygen atoms in total. The van der Waals surface area contributed by atoms with Gasteiger partial charge in [0.1, 0.15) is 0 Å². The first kappa shape index (κ1) is 5.80. The summed E-state index contributed by atoms with van der Waals surface area (Å²) in [5.41, 5.74) is 0.972. The molecule has 0 aromatic heterocycles. The zero-order valence-electron chi connectivity index (χ0n) is 5.57. The van der Waals surface area contributed by atoms with Gasteiger partial charge in [0.15, 0.2) is 0 Å². The molecule has 0 saturated heterocycles. The van der Waals surface area contributed by atoms with Gasteiger partial charge in [0.25, 0.3) is 0 Å². The Morgan fingerprint density at radius 3 is 2.50 bits per heavy atom. The summed E-state index contributed by atoms with van der Waals surface area (Å²) in [4.78, 5) is 0. The van der Waals surface area contributed by atoms with E-state index in [1.54, 1.807) is 0 Å². The van der Waals surface area contributed by atoms with Crippen LogP contribution < -0.4 is 0 Å². The molecule has 0 amide bonds. The van der Waals surface area contributed by atoms with Crippen LogP contribution in [0.3, 0.4) is 0 Å². The second kappa shape index (κ2) is 1.88. The van der Waals surface area contributed by atoms with E-state index >= 15 is 0 Å². The Balaban J connectivity index is 2.28. The minimum absolute atomic E-state index is 0.667. The summed E-state index contributed by atoms with van der Waals surface area (Å²) in [6.45, 7) is 4.42. The van der Waals surface area contributed by atoms with E-state index in [1.807, 2.05) is 0 Å². The fraction of sp³-hybridized carbons (Fsp3) is 0.857. The van der Waals surface area contributed by atoms with E-state index in [0.717, 1.165) is 18.1 Å². The average molecular weight is 111 g/mol. The highest BCUT2D eigenvalue weighted by molar-refractivity contribution is 5.98. The third kappa shape index (κ3) is 0.908. The third-order valence-corrected chi connectivity index (χ3v) is 2.06. The van der Waals surface area contributed by atoms with Crippen molar-refractivity contribution in [2.24, 2.45) is 11.8 Å². The fourth-order valence-electron chi connectivity index (χ4n) is 1.01. The SMILES string of the molecule is CCC(C)C1CC1=N. The Morgan fingerprint density at radius 1 is 1.88 bits per heavy atom. The van der Waals surface area contributed by atoms with Crippen LogP contribution in [0, 0.1) is 17.2 Å². The first-order chi connectivity index (χ1) is 3.75. The van der Waals surface area contributed by atoms with Crippen molar-refractivity contribution in [3.8, 4) is 0 Å². The van der Waals surface area contributed by atoms with Crippen LogP contribution in [0.25, 0.3) is 0 Å². The van der Waals surface area contributed by atoms with Crippen molar-refractivity contribution in [2.45, 2.75) is 26.7 Å². The summed E-state index contributed by atoms with van der Waals surface area (Å²) in [6, 6.07) is 0. The molecule has 1 fully saturated rings. The summed E-state index contributed by atoms with van der Waals surface area (Å²) in [6.07, 6.45) is 2.31. The topological polar surface area (TPSA) is 23.9 Å². The van der Waals surface area contributed by atoms with Gasteiger partial charge in [0.05, 0.1) is 0 Å². The van der Waals surface area contributed by atoms with Gasteiger partial charge in [-0.3, -0.25) is 0 Å². The monoisotopic (exact) mass is 111 g/mol. The van der Waals surface area contributed by atoms with Crippen LogP contribution in [0.1, 0.15) is 26.7 Å². The summed E-state index contributed by atoms with van der Waals surface area (Å²) in [7, 11) is 0. The lowest BCUT2D eigenvalue weighted by Gasteiger charge is -2.01. The molecule has 0 aliphatic heterocycles. The summed E-state index contributed by atoms with van der Waals surface area (Å²) in [5, 5.41) is 7.20. The van der Waals surface area contributed by atoms with Crippen LogP contribution in [0.4, 0.5) is 0 Å². The van der Waals surface area contributed by atoms with Crippen molar-refractivity contribution in [1.29, 1.82) is 5.41 Å². The van der Waals surface area contributed by atoms with E-state index in [0.29, 0.717) is 5.92 Å². The van der Waals surface area contributed by atoms with Crippen molar-refractivity contribution in [2.75, 3.05) is 0 Å². The van der Waals surface area contributed by atoms with Crippen LogP contribution in [0.15, 0.2) is 0 Å². The van der Waals surface area contributed by atoms with Crippen LogP contribution in [0.5, 0.6) is 0 Å². The molecule has 0 aromatic carbocycles. The van der Waals surface area contributed by atoms with E-state index in [1.165, 1.54) is 6.42 Å². The molecule has 0 spiro atoms. The van der Waals surface area contributed by atoms with Crippen LogP contribution in [0.2, 0.25) is 0 Å². The van der Waals surface area contributed by atoms with Gasteiger partial charge in [0, 0.05) is 11.6 Å². The lowest BCUT2D eigenvalue weighted by molar-refractivity contribution is 0.515. The van der Waals surface area contributed by atoms with E-state index in [-0.39, 0.29) is 0 Å². The minimum Gasteiger partial charge on any atom is -0.309 e. The number of hydrogen-bond donors (Lipinski definition) is 1. The molecule has 1 rings (SSSR count). The van der Waals surface area contributed by atoms with Crippen molar-refractivity contribution in [3.05, 3.63) is 0 Å². The minimum atomic E-state index is 0.667. The fourth-order valence-corrected chi connectivity index (χ4v) is 1.01. The molecule has 46 valence electrons. The Bertz CT molecular complexity index is 107. The van der Waals surface area contributed by atoms with Crippen LogP contribution >= 0.6 is 0 Å². The van der Waals surface area contributed by atoms with Crippen molar-refractivity contribution < 1.29 is 0 Å². The lowest BCUT2D eigenvalue weighted by atomic mass is 10.0. The predicted molar refractivity (Wildman–Crippen MR) is 35.3 cm³/mol. The van der Waals surface area contributed by atoms with Crippen LogP contribution in [-0.2, 0) is 0 Å². The van der Waals surface area contributed by atoms with Gasteiger partial charge in [-0.15, -0.1) is 0 Å². The summed E-state index contributed by atoms with van der Waals surface area (Å²) >= 11 is 0. The smallest absolute Gasteiger partial charge is 0.0133 e. The maximum atomic E-state index is 7.20. The van der Waals surface area contributed by atoms with Gasteiger partial charge in [-0.1, -0.05) is 20.3 Å². The Hall–Kier alpha value is -0.330. The van der Waals surface area contributed by atoms with Crippen molar-refractivity contribution >= 4 is 5.71 Å². The molecule has 1 aliphatic rings. The maximum absolute atomic E-state index is 7.20. The zero-order valence-corrected chi connectivity index (χ0v) is 5.57. The maximum Gasteiger partial charge on any atom is 0.0133 e. The van der Waals surface area contributed by atoms with Crippen molar-refractivity contribution in [1.82, 2.24) is 0 Å². The zero-order chi connectivity index (χ0) is 6.15. The first-order valence-corrected chi connectivity index (χ1v) is 3.33. The molecular weight excluding hydrogens is 98.1 g/mol. The Labute approximate surface area is 50.6 Å². The van der Waals surface area contributed by atoms with Gasteiger partial charge in [0.2, 0.25) is 0 Å². The summed E-state index contributed by atoms with van der Waals surface area (Å²) < 4.78 is 0. The van der Waals surface area contributed by atoms with Gasteiger partial charge >= 0.3 is 0 Å². The Kier molecular flexibility index (Phi) is 1.37. The van der Waals surface area contributed by atoms with E-state index in [2.05, 4.69) is 13.8 Å². The standard InChI is InChI=1S/C7H13N/c1-3-5(2)6-4-7(6)8/h5-6,8H,3-4H2,1-2H3. The molecule has 0 radical (unpaired) electrons. The van der Waals surface area contributed by atoms with E-state index < -0.39 is 0 Å². The van der Waals surface area contributed by atoms with E-state index in [4.69, 9.17) is 5.41 Å². The highest BCUT2D eigenvalue weighted by Crippen LogP contribution is 2.33. The van der Waals surface area contributed by atoms with Crippen molar-refractivity contribution in [3.63, 3.8) is 0 Å². The molecule has 2 unspecified atom stereocenters. The molecule has 1 saturated carbocycles. The second-order valence-corrected chi connectivity index (χ2v) is 2.72. The lowest BCUT2D eigenvalue weighted by Crippen LogP contribution is -1.95. The van der Waals surface area contributed by atoms with Gasteiger partial charge in [-0.05, 0) is 12.3 Å². The Morgan fingerprint density at radius 2 is 2.38 bits per heavy atom. The number of rotatable bonds is 2. The molecule has 1 heteroatoms. The first-order valence-electron chi connectivity index (χ1n) is 3.33. The highest BCUT2D eigenvalue weighted by atomic mass is 14.6. The van der Waals surface area contributed by atoms with Gasteiger partial charge in [-0.2, -0.15) is 0 Å². The van der Waals surface area contributed by atoms with E-state index in [9.17, 15) is 0 Å². The average Bonchev–Trinajstić information content (AvgIpc) is 2.45.